The number of esters is 2. The highest BCUT2D eigenvalue weighted by Gasteiger charge is 2.18. The summed E-state index contributed by atoms with van der Waals surface area (Å²) in [5.41, 5.74) is 7.66. The van der Waals surface area contributed by atoms with Gasteiger partial charge in [-0.2, -0.15) is 9.97 Å². The molecule has 6 heterocycles. The molecule has 0 bridgehead atoms. The molecule has 0 amide bonds. The molecular weight excluding hydrogens is 1030 g/mol. The number of H-pyrrole nitrogens is 2. The van der Waals surface area contributed by atoms with Crippen LogP contribution in [0.2, 0.25) is 10.0 Å². The van der Waals surface area contributed by atoms with Gasteiger partial charge in [0.2, 0.25) is 11.9 Å². The summed E-state index contributed by atoms with van der Waals surface area (Å²) in [4.78, 5) is 66.7. The van der Waals surface area contributed by atoms with Crippen molar-refractivity contribution in [2.24, 2.45) is 0 Å². The highest BCUT2D eigenvalue weighted by atomic mass is 35.5. The van der Waals surface area contributed by atoms with Crippen LogP contribution in [0.25, 0.3) is 44.3 Å². The average molecular weight is 1070 g/mol. The number of imidazole rings is 2. The van der Waals surface area contributed by atoms with Crippen molar-refractivity contribution < 1.29 is 27.8 Å². The Morgan fingerprint density at radius 2 is 0.987 bits per heavy atom. The van der Waals surface area contributed by atoms with Crippen molar-refractivity contribution >= 4 is 105 Å². The van der Waals surface area contributed by atoms with E-state index in [0.29, 0.717) is 81.1 Å². The molecule has 0 unspecified atom stereocenters. The zero-order chi connectivity index (χ0) is 51.6. The number of halogens is 5. The Hall–Kier alpha value is -8.85. The number of benzene rings is 4. The van der Waals surface area contributed by atoms with Gasteiger partial charge in [-0.25, -0.2) is 38.3 Å². The van der Waals surface area contributed by atoms with Crippen LogP contribution in [-0.4, -0.2) is 75.0 Å². The van der Waals surface area contributed by atoms with Gasteiger partial charge in [-0.05, 0) is 86.6 Å². The molecule has 380 valence electrons. The molecule has 10 aromatic rings. The SMILES string of the molecule is CCOC(=O)c1cncc(-c2cnc(Nc3ccc(F)c(Cl)c3)nc2NCc2nc3ccccc3[nH]2)c1.CCOC(=O)c1cncc(-c2cnc(Nc3ccc(F)c(Cl)c3)nc2NCc2nc3ccccc3[nH]2)c1.Cl. The van der Waals surface area contributed by atoms with Crippen molar-refractivity contribution in [1.29, 1.82) is 0 Å². The minimum Gasteiger partial charge on any atom is -0.462 e. The van der Waals surface area contributed by atoms with E-state index >= 15 is 0 Å². The molecule has 75 heavy (non-hydrogen) atoms. The van der Waals surface area contributed by atoms with Crippen molar-refractivity contribution in [2.45, 2.75) is 26.9 Å². The number of pyridine rings is 2. The molecule has 4 aromatic carbocycles. The fourth-order valence-corrected chi connectivity index (χ4v) is 7.68. The Bertz CT molecular complexity index is 3360. The van der Waals surface area contributed by atoms with E-state index in [1.165, 1.54) is 48.8 Å². The van der Waals surface area contributed by atoms with E-state index in [0.717, 1.165) is 22.1 Å². The molecule has 23 heteroatoms. The lowest BCUT2D eigenvalue weighted by Crippen LogP contribution is -2.08. The van der Waals surface area contributed by atoms with E-state index in [1.807, 2.05) is 48.5 Å². The van der Waals surface area contributed by atoms with E-state index in [4.69, 9.17) is 32.7 Å². The van der Waals surface area contributed by atoms with Crippen LogP contribution in [0.15, 0.2) is 134 Å². The Labute approximate surface area is 442 Å². The van der Waals surface area contributed by atoms with Crippen LogP contribution < -0.4 is 21.3 Å². The van der Waals surface area contributed by atoms with Gasteiger partial charge in [-0.15, -0.1) is 12.4 Å². The number of para-hydroxylation sites is 4. The lowest BCUT2D eigenvalue weighted by atomic mass is 10.1. The quantitative estimate of drug-likeness (QED) is 0.0494. The summed E-state index contributed by atoms with van der Waals surface area (Å²) in [6.07, 6.45) is 9.32. The third-order valence-corrected chi connectivity index (χ3v) is 11.4. The first kappa shape index (κ1) is 52.5. The van der Waals surface area contributed by atoms with Crippen LogP contribution in [0.3, 0.4) is 0 Å². The molecule has 0 aliphatic carbocycles. The monoisotopic (exact) mass is 1070 g/mol. The van der Waals surface area contributed by atoms with E-state index in [1.54, 1.807) is 50.8 Å². The summed E-state index contributed by atoms with van der Waals surface area (Å²) in [5.74, 6) is 0.885. The van der Waals surface area contributed by atoms with Crippen LogP contribution in [0.1, 0.15) is 46.2 Å². The molecule has 6 N–H and O–H groups in total. The number of carbonyl (C=O) groups is 2. The second-order valence-electron chi connectivity index (χ2n) is 15.9. The first-order valence-corrected chi connectivity index (χ1v) is 23.5. The van der Waals surface area contributed by atoms with Gasteiger partial charge in [0.25, 0.3) is 0 Å². The largest absolute Gasteiger partial charge is 0.462 e. The molecule has 0 atom stereocenters. The molecule has 0 fully saturated rings. The molecule has 0 saturated heterocycles. The topological polar surface area (TPSA) is 235 Å². The Morgan fingerprint density at radius 1 is 0.560 bits per heavy atom. The van der Waals surface area contributed by atoms with Crippen LogP contribution in [0.4, 0.5) is 43.7 Å². The standard InChI is InChI=1S/2C26H21ClFN7O2.ClH/c2*1-2-37-25(36)16-9-15(11-29-12-16)18-13-31-26(32-17-7-8-20(28)19(27)10-17)35-24(18)30-14-23-33-21-5-3-4-6-22(21)34-23;/h2*3-13H,2,14H2,1H3,(H,33,34)(H2,30,31,32,35);1H. The third-order valence-electron chi connectivity index (χ3n) is 10.8. The molecular formula is C52H43Cl3F2N14O4. The van der Waals surface area contributed by atoms with E-state index in [2.05, 4.69) is 71.1 Å². The van der Waals surface area contributed by atoms with E-state index in [-0.39, 0.29) is 47.6 Å². The van der Waals surface area contributed by atoms with Gasteiger partial charge in [-0.1, -0.05) is 47.5 Å². The van der Waals surface area contributed by atoms with Crippen molar-refractivity contribution in [3.05, 3.63) is 179 Å². The fourth-order valence-electron chi connectivity index (χ4n) is 7.32. The lowest BCUT2D eigenvalue weighted by molar-refractivity contribution is 0.0516. The number of nitrogens with one attached hydrogen (secondary N) is 6. The highest BCUT2D eigenvalue weighted by Crippen LogP contribution is 2.31. The van der Waals surface area contributed by atoms with Gasteiger partial charge in [0, 0.05) is 70.8 Å². The maximum absolute atomic E-state index is 13.6. The number of hydrogen-bond acceptors (Lipinski definition) is 16. The predicted octanol–water partition coefficient (Wildman–Crippen LogP) is 11.9. The van der Waals surface area contributed by atoms with Gasteiger partial charge in [-0.3, -0.25) is 9.97 Å². The summed E-state index contributed by atoms with van der Waals surface area (Å²) >= 11 is 11.8. The number of anilines is 6. The van der Waals surface area contributed by atoms with Gasteiger partial charge < -0.3 is 40.7 Å². The second kappa shape index (κ2) is 24.2. The zero-order valence-electron chi connectivity index (χ0n) is 39.7. The van der Waals surface area contributed by atoms with E-state index in [9.17, 15) is 18.4 Å². The molecule has 6 aromatic heterocycles. The maximum Gasteiger partial charge on any atom is 0.339 e. The molecule has 0 saturated carbocycles. The summed E-state index contributed by atoms with van der Waals surface area (Å²) in [6.45, 7) is 4.66. The van der Waals surface area contributed by atoms with Gasteiger partial charge in [0.05, 0.1) is 69.5 Å². The van der Waals surface area contributed by atoms with Crippen LogP contribution >= 0.6 is 35.6 Å². The maximum atomic E-state index is 13.6. The van der Waals surface area contributed by atoms with Crippen molar-refractivity contribution in [2.75, 3.05) is 34.5 Å². The number of hydrogen-bond donors (Lipinski definition) is 6. The Balaban J connectivity index is 0.000000197. The molecule has 0 radical (unpaired) electrons. The fraction of sp³-hybridized carbons (Fsp3) is 0.115. The number of nitrogens with zero attached hydrogens (tertiary/aromatic N) is 8. The number of aromatic nitrogens is 10. The Kier molecular flexibility index (Phi) is 17.0. The molecule has 10 rings (SSSR count). The summed E-state index contributed by atoms with van der Waals surface area (Å²) in [6, 6.07) is 27.3. The molecule has 0 aliphatic heterocycles. The Morgan fingerprint density at radius 3 is 1.39 bits per heavy atom. The first-order valence-electron chi connectivity index (χ1n) is 22.8. The predicted molar refractivity (Wildman–Crippen MR) is 286 cm³/mol. The van der Waals surface area contributed by atoms with Crippen LogP contribution in [-0.2, 0) is 22.6 Å². The van der Waals surface area contributed by atoms with E-state index < -0.39 is 23.6 Å². The zero-order valence-corrected chi connectivity index (χ0v) is 42.0. The number of fused-ring (bicyclic) bond motifs is 2. The van der Waals surface area contributed by atoms with Gasteiger partial charge >= 0.3 is 11.9 Å². The molecule has 18 nitrogen and oxygen atoms in total. The summed E-state index contributed by atoms with van der Waals surface area (Å²) in [5, 5.41) is 12.6. The molecule has 0 aliphatic rings. The number of ether oxygens (including phenoxy) is 2. The van der Waals surface area contributed by atoms with Crippen LogP contribution in [0, 0.1) is 11.6 Å². The normalized spacial score (nSPS) is 10.7. The highest BCUT2D eigenvalue weighted by molar-refractivity contribution is 6.31. The number of aromatic amines is 2. The van der Waals surface area contributed by atoms with Gasteiger partial charge in [0.1, 0.15) is 34.9 Å². The minimum atomic E-state index is -0.523. The number of rotatable bonds is 16. The van der Waals surface area contributed by atoms with Crippen molar-refractivity contribution in [3.63, 3.8) is 0 Å². The van der Waals surface area contributed by atoms with Crippen LogP contribution in [0.5, 0.6) is 0 Å². The van der Waals surface area contributed by atoms with Crippen molar-refractivity contribution in [3.8, 4) is 22.3 Å². The summed E-state index contributed by atoms with van der Waals surface area (Å²) < 4.78 is 37.3. The average Bonchev–Trinajstić information content (AvgIpc) is 4.04. The first-order chi connectivity index (χ1) is 36.0. The third kappa shape index (κ3) is 13.0. The lowest BCUT2D eigenvalue weighted by Gasteiger charge is -2.13. The summed E-state index contributed by atoms with van der Waals surface area (Å²) in [7, 11) is 0. The van der Waals surface area contributed by atoms with Gasteiger partial charge in [0.15, 0.2) is 0 Å². The number of carbonyl (C=O) groups excluding carboxylic acids is 2. The smallest absolute Gasteiger partial charge is 0.339 e. The second-order valence-corrected chi connectivity index (χ2v) is 16.7. The minimum absolute atomic E-state index is 0. The van der Waals surface area contributed by atoms with Crippen molar-refractivity contribution in [1.82, 2.24) is 49.8 Å². The molecule has 0 spiro atoms.